The number of aryl methyl sites for hydroxylation is 1. The number of benzene rings is 1. The second kappa shape index (κ2) is 6.64. The van der Waals surface area contributed by atoms with Crippen molar-refractivity contribution in [3.8, 4) is 0 Å². The second-order valence-corrected chi connectivity index (χ2v) is 4.30. The molecule has 0 aliphatic carbocycles. The van der Waals surface area contributed by atoms with Crippen LogP contribution < -0.4 is 5.32 Å². The maximum Gasteiger partial charge on any atom is 0.251 e. The summed E-state index contributed by atoms with van der Waals surface area (Å²) in [5.41, 5.74) is 2.95. The summed E-state index contributed by atoms with van der Waals surface area (Å²) in [7, 11) is 0. The summed E-state index contributed by atoms with van der Waals surface area (Å²) in [4.78, 5) is 19.8. The molecular weight excluding hydrogens is 238 g/mol. The van der Waals surface area contributed by atoms with Crippen LogP contribution in [0.15, 0.2) is 43.0 Å². The van der Waals surface area contributed by atoms with Crippen LogP contribution in [-0.2, 0) is 12.8 Å². The Labute approximate surface area is 112 Å². The van der Waals surface area contributed by atoms with Gasteiger partial charge in [-0.2, -0.15) is 0 Å². The minimum atomic E-state index is -0.0421. The fourth-order valence-corrected chi connectivity index (χ4v) is 1.77. The average molecular weight is 255 g/mol. The molecule has 0 fully saturated rings. The molecule has 0 atom stereocenters. The van der Waals surface area contributed by atoms with E-state index in [2.05, 4.69) is 22.2 Å². The minimum absolute atomic E-state index is 0.0421. The van der Waals surface area contributed by atoms with Gasteiger partial charge in [-0.15, -0.1) is 0 Å². The van der Waals surface area contributed by atoms with Crippen LogP contribution in [0.5, 0.6) is 0 Å². The van der Waals surface area contributed by atoms with Gasteiger partial charge in [0.25, 0.3) is 5.91 Å². The van der Waals surface area contributed by atoms with Crippen molar-refractivity contribution in [1.29, 1.82) is 0 Å². The number of amides is 1. The van der Waals surface area contributed by atoms with Gasteiger partial charge in [-0.1, -0.05) is 19.1 Å². The van der Waals surface area contributed by atoms with Crippen molar-refractivity contribution in [2.75, 3.05) is 6.54 Å². The summed E-state index contributed by atoms with van der Waals surface area (Å²) in [5, 5.41) is 2.89. The monoisotopic (exact) mass is 255 g/mol. The highest BCUT2D eigenvalue weighted by Gasteiger charge is 2.04. The van der Waals surface area contributed by atoms with Crippen molar-refractivity contribution in [3.63, 3.8) is 0 Å². The van der Waals surface area contributed by atoms with E-state index in [1.165, 1.54) is 11.9 Å². The quantitative estimate of drug-likeness (QED) is 0.889. The first-order chi connectivity index (χ1) is 9.29. The number of aromatic nitrogens is 2. The zero-order valence-electron chi connectivity index (χ0n) is 11.0. The highest BCUT2D eigenvalue weighted by atomic mass is 16.1. The molecule has 0 bridgehead atoms. The van der Waals surface area contributed by atoms with Gasteiger partial charge in [0.05, 0.1) is 0 Å². The van der Waals surface area contributed by atoms with E-state index in [9.17, 15) is 4.79 Å². The van der Waals surface area contributed by atoms with E-state index in [-0.39, 0.29) is 5.91 Å². The van der Waals surface area contributed by atoms with Gasteiger partial charge in [0.1, 0.15) is 6.33 Å². The van der Waals surface area contributed by atoms with Gasteiger partial charge in [0.15, 0.2) is 0 Å². The minimum Gasteiger partial charge on any atom is -0.352 e. The van der Waals surface area contributed by atoms with Crippen molar-refractivity contribution in [1.82, 2.24) is 15.3 Å². The van der Waals surface area contributed by atoms with Gasteiger partial charge in [0, 0.05) is 24.5 Å². The van der Waals surface area contributed by atoms with Crippen LogP contribution in [0.4, 0.5) is 0 Å². The molecule has 4 heteroatoms. The number of carbonyl (C=O) groups excluding carboxylic acids is 1. The van der Waals surface area contributed by atoms with Crippen LogP contribution in [0, 0.1) is 0 Å². The Kier molecular flexibility index (Phi) is 4.61. The third-order valence-corrected chi connectivity index (χ3v) is 2.94. The van der Waals surface area contributed by atoms with Crippen LogP contribution in [0.25, 0.3) is 0 Å². The first-order valence-corrected chi connectivity index (χ1v) is 6.40. The standard InChI is InChI=1S/C15H17N3O/c1-2-12-3-5-14(6-4-12)15(19)18-8-7-13-9-16-11-17-10-13/h3-6,9-11H,2,7-8H2,1H3,(H,18,19). The van der Waals surface area contributed by atoms with Crippen molar-refractivity contribution in [3.05, 3.63) is 59.7 Å². The summed E-state index contributed by atoms with van der Waals surface area (Å²) >= 11 is 0. The van der Waals surface area contributed by atoms with Gasteiger partial charge in [-0.05, 0) is 36.1 Å². The molecule has 0 unspecified atom stereocenters. The van der Waals surface area contributed by atoms with Gasteiger partial charge < -0.3 is 5.32 Å². The Hall–Kier alpha value is -2.23. The molecule has 19 heavy (non-hydrogen) atoms. The van der Waals surface area contributed by atoms with Crippen LogP contribution in [0.1, 0.15) is 28.4 Å². The van der Waals surface area contributed by atoms with Crippen molar-refractivity contribution >= 4 is 5.91 Å². The van der Waals surface area contributed by atoms with E-state index < -0.39 is 0 Å². The summed E-state index contributed by atoms with van der Waals surface area (Å²) in [6.07, 6.45) is 6.73. The van der Waals surface area contributed by atoms with Crippen molar-refractivity contribution < 1.29 is 4.79 Å². The Morgan fingerprint density at radius 3 is 2.42 bits per heavy atom. The van der Waals surface area contributed by atoms with Crippen LogP contribution >= 0.6 is 0 Å². The molecule has 1 heterocycles. The van der Waals surface area contributed by atoms with Gasteiger partial charge in [-0.3, -0.25) is 4.79 Å². The fourth-order valence-electron chi connectivity index (χ4n) is 1.77. The van der Waals surface area contributed by atoms with E-state index >= 15 is 0 Å². The normalized spacial score (nSPS) is 10.2. The molecule has 1 amide bonds. The topological polar surface area (TPSA) is 54.9 Å². The lowest BCUT2D eigenvalue weighted by Gasteiger charge is -2.05. The molecule has 98 valence electrons. The molecule has 2 aromatic rings. The van der Waals surface area contributed by atoms with Gasteiger partial charge in [-0.25, -0.2) is 9.97 Å². The van der Waals surface area contributed by atoms with Crippen LogP contribution in [0.2, 0.25) is 0 Å². The number of rotatable bonds is 5. The van der Waals surface area contributed by atoms with Crippen LogP contribution in [0.3, 0.4) is 0 Å². The van der Waals surface area contributed by atoms with Crippen molar-refractivity contribution in [2.45, 2.75) is 19.8 Å². The van der Waals surface area contributed by atoms with Crippen molar-refractivity contribution in [2.24, 2.45) is 0 Å². The zero-order chi connectivity index (χ0) is 13.5. The average Bonchev–Trinajstić information content (AvgIpc) is 2.48. The molecule has 0 aliphatic heterocycles. The predicted octanol–water partition coefficient (Wildman–Crippen LogP) is 2.01. The molecule has 0 saturated carbocycles. The van der Waals surface area contributed by atoms with E-state index in [1.807, 2.05) is 24.3 Å². The van der Waals surface area contributed by atoms with Crippen LogP contribution in [-0.4, -0.2) is 22.4 Å². The lowest BCUT2D eigenvalue weighted by atomic mass is 10.1. The molecule has 1 aromatic heterocycles. The zero-order valence-corrected chi connectivity index (χ0v) is 11.0. The Bertz CT molecular complexity index is 523. The summed E-state index contributed by atoms with van der Waals surface area (Å²) in [6.45, 7) is 2.68. The Balaban J connectivity index is 1.84. The molecule has 0 saturated heterocycles. The molecule has 0 aliphatic rings. The number of hydrogen-bond acceptors (Lipinski definition) is 3. The number of hydrogen-bond donors (Lipinski definition) is 1. The van der Waals surface area contributed by atoms with Gasteiger partial charge in [0.2, 0.25) is 0 Å². The lowest BCUT2D eigenvalue weighted by Crippen LogP contribution is -2.25. The highest BCUT2D eigenvalue weighted by molar-refractivity contribution is 5.94. The Morgan fingerprint density at radius 2 is 1.79 bits per heavy atom. The van der Waals surface area contributed by atoms with E-state index in [0.717, 1.165) is 18.4 Å². The summed E-state index contributed by atoms with van der Waals surface area (Å²) < 4.78 is 0. The van der Waals surface area contributed by atoms with Gasteiger partial charge >= 0.3 is 0 Å². The fraction of sp³-hybridized carbons (Fsp3) is 0.267. The number of carbonyl (C=O) groups is 1. The second-order valence-electron chi connectivity index (χ2n) is 4.30. The maximum absolute atomic E-state index is 11.9. The van der Waals surface area contributed by atoms with E-state index in [1.54, 1.807) is 12.4 Å². The molecule has 1 N–H and O–H groups in total. The summed E-state index contributed by atoms with van der Waals surface area (Å²) in [6, 6.07) is 7.69. The summed E-state index contributed by atoms with van der Waals surface area (Å²) in [5.74, 6) is -0.0421. The lowest BCUT2D eigenvalue weighted by molar-refractivity contribution is 0.0954. The third kappa shape index (κ3) is 3.88. The predicted molar refractivity (Wildman–Crippen MR) is 73.9 cm³/mol. The maximum atomic E-state index is 11.9. The Morgan fingerprint density at radius 1 is 1.11 bits per heavy atom. The SMILES string of the molecule is CCc1ccc(C(=O)NCCc2cncnc2)cc1. The van der Waals surface area contributed by atoms with E-state index in [0.29, 0.717) is 12.1 Å². The molecule has 2 rings (SSSR count). The first-order valence-electron chi connectivity index (χ1n) is 6.40. The first kappa shape index (κ1) is 13.2. The molecule has 1 aromatic carbocycles. The smallest absolute Gasteiger partial charge is 0.251 e. The third-order valence-electron chi connectivity index (χ3n) is 2.94. The number of nitrogens with one attached hydrogen (secondary N) is 1. The molecule has 4 nitrogen and oxygen atoms in total. The highest BCUT2D eigenvalue weighted by Crippen LogP contribution is 2.05. The van der Waals surface area contributed by atoms with E-state index in [4.69, 9.17) is 0 Å². The molecular formula is C15H17N3O. The largest absolute Gasteiger partial charge is 0.352 e. The number of nitrogens with zero attached hydrogens (tertiary/aromatic N) is 2. The molecule has 0 radical (unpaired) electrons. The molecule has 0 spiro atoms.